The lowest BCUT2D eigenvalue weighted by Crippen LogP contribution is -2.30. The average molecular weight is 457 g/mol. The first-order valence-electron chi connectivity index (χ1n) is 9.90. The van der Waals surface area contributed by atoms with Crippen molar-refractivity contribution in [1.82, 2.24) is 15.1 Å². The van der Waals surface area contributed by atoms with Crippen molar-refractivity contribution in [2.45, 2.75) is 22.9 Å². The Labute approximate surface area is 187 Å². The van der Waals surface area contributed by atoms with Crippen molar-refractivity contribution < 1.29 is 14.0 Å². The van der Waals surface area contributed by atoms with Crippen LogP contribution in [0.3, 0.4) is 0 Å². The number of halogens is 1. The van der Waals surface area contributed by atoms with Crippen molar-refractivity contribution in [2.24, 2.45) is 5.92 Å². The molecule has 1 atom stereocenters. The van der Waals surface area contributed by atoms with Gasteiger partial charge in [0, 0.05) is 25.3 Å². The third kappa shape index (κ3) is 5.89. The van der Waals surface area contributed by atoms with E-state index in [0.29, 0.717) is 28.3 Å². The van der Waals surface area contributed by atoms with E-state index < -0.39 is 0 Å². The van der Waals surface area contributed by atoms with Gasteiger partial charge in [0.15, 0.2) is 4.34 Å². The quantitative estimate of drug-likeness (QED) is 0.410. The lowest BCUT2D eigenvalue weighted by molar-refractivity contribution is -0.128. The summed E-state index contributed by atoms with van der Waals surface area (Å²) in [5.41, 5.74) is 2.15. The first kappa shape index (κ1) is 21.5. The highest BCUT2D eigenvalue weighted by Crippen LogP contribution is 2.29. The van der Waals surface area contributed by atoms with E-state index in [2.05, 4.69) is 15.5 Å². The van der Waals surface area contributed by atoms with Crippen molar-refractivity contribution in [3.63, 3.8) is 0 Å². The van der Waals surface area contributed by atoms with Gasteiger partial charge in [0.05, 0.1) is 5.92 Å². The van der Waals surface area contributed by atoms with E-state index >= 15 is 0 Å². The molecule has 2 heterocycles. The van der Waals surface area contributed by atoms with E-state index in [1.807, 2.05) is 30.3 Å². The van der Waals surface area contributed by atoms with E-state index in [1.54, 1.807) is 17.0 Å². The predicted octanol–water partition coefficient (Wildman–Crippen LogP) is 4.00. The number of hydrogen-bond donors (Lipinski definition) is 1. The van der Waals surface area contributed by atoms with Gasteiger partial charge in [0.2, 0.25) is 16.9 Å². The van der Waals surface area contributed by atoms with Crippen molar-refractivity contribution in [3.05, 3.63) is 71.5 Å². The van der Waals surface area contributed by atoms with Crippen LogP contribution in [0.2, 0.25) is 0 Å². The molecule has 0 bridgehead atoms. The van der Waals surface area contributed by atoms with Crippen LogP contribution in [0.25, 0.3) is 0 Å². The summed E-state index contributed by atoms with van der Waals surface area (Å²) in [4.78, 5) is 26.7. The number of nitrogens with one attached hydrogen (secondary N) is 1. The Hall–Kier alpha value is -2.78. The van der Waals surface area contributed by atoms with Gasteiger partial charge < -0.3 is 10.2 Å². The molecule has 1 aliphatic rings. The number of anilines is 1. The van der Waals surface area contributed by atoms with Crippen LogP contribution in [-0.2, 0) is 21.8 Å². The molecule has 31 heavy (non-hydrogen) atoms. The Bertz CT molecular complexity index is 1040. The predicted molar refractivity (Wildman–Crippen MR) is 119 cm³/mol. The summed E-state index contributed by atoms with van der Waals surface area (Å²) in [5.74, 6) is -0.219. The second-order valence-electron chi connectivity index (χ2n) is 7.25. The minimum Gasteiger partial charge on any atom is -0.342 e. The summed E-state index contributed by atoms with van der Waals surface area (Å²) in [6, 6.07) is 16.3. The molecule has 0 aliphatic carbocycles. The number of hydrogen-bond acceptors (Lipinski definition) is 6. The Kier molecular flexibility index (Phi) is 6.93. The highest BCUT2D eigenvalue weighted by atomic mass is 32.2. The number of amides is 2. The first-order chi connectivity index (χ1) is 15.1. The van der Waals surface area contributed by atoms with E-state index in [9.17, 15) is 14.0 Å². The number of nitrogens with zero attached hydrogens (tertiary/aromatic N) is 3. The zero-order chi connectivity index (χ0) is 21.6. The summed E-state index contributed by atoms with van der Waals surface area (Å²) in [7, 11) is 0. The van der Waals surface area contributed by atoms with Crippen LogP contribution >= 0.6 is 23.1 Å². The van der Waals surface area contributed by atoms with Crippen molar-refractivity contribution in [2.75, 3.05) is 18.4 Å². The molecule has 9 heteroatoms. The highest BCUT2D eigenvalue weighted by molar-refractivity contribution is 8.00. The standard InChI is InChI=1S/C22H21FN4O2S2/c23-18-8-6-16(7-9-18)14-30-22-26-25-21(31-22)24-20(29)17-12-19(28)27(13-17)11-10-15-4-2-1-3-5-15/h1-9,17H,10-14H2,(H,24,25,29)/t17-/m0/s1. The summed E-state index contributed by atoms with van der Waals surface area (Å²) in [5, 5.41) is 11.3. The molecular weight excluding hydrogens is 435 g/mol. The van der Waals surface area contributed by atoms with E-state index in [0.717, 1.165) is 12.0 Å². The Morgan fingerprint density at radius 3 is 2.68 bits per heavy atom. The fourth-order valence-electron chi connectivity index (χ4n) is 3.32. The Balaban J connectivity index is 1.25. The highest BCUT2D eigenvalue weighted by Gasteiger charge is 2.34. The maximum Gasteiger partial charge on any atom is 0.231 e. The van der Waals surface area contributed by atoms with Gasteiger partial charge in [0.25, 0.3) is 0 Å². The van der Waals surface area contributed by atoms with Gasteiger partial charge in [-0.2, -0.15) is 0 Å². The van der Waals surface area contributed by atoms with Gasteiger partial charge in [-0.05, 0) is 29.7 Å². The fraction of sp³-hybridized carbons (Fsp3) is 0.273. The van der Waals surface area contributed by atoms with Gasteiger partial charge in [-0.1, -0.05) is 65.6 Å². The number of rotatable bonds is 8. The minimum absolute atomic E-state index is 0.00360. The molecule has 1 aliphatic heterocycles. The Morgan fingerprint density at radius 1 is 1.13 bits per heavy atom. The SMILES string of the molecule is O=C(Nc1nnc(SCc2ccc(F)cc2)s1)[C@H]1CC(=O)N(CCc2ccccc2)C1. The smallest absolute Gasteiger partial charge is 0.231 e. The van der Waals surface area contributed by atoms with E-state index in [1.165, 1.54) is 40.8 Å². The summed E-state index contributed by atoms with van der Waals surface area (Å²) in [6.07, 6.45) is 0.984. The second kappa shape index (κ2) is 10.0. The molecule has 1 fully saturated rings. The normalized spacial score (nSPS) is 16.0. The number of carbonyl (C=O) groups excluding carboxylic acids is 2. The minimum atomic E-state index is -0.387. The molecule has 1 saturated heterocycles. The van der Waals surface area contributed by atoms with Gasteiger partial charge in [0.1, 0.15) is 5.82 Å². The third-order valence-electron chi connectivity index (χ3n) is 5.01. The van der Waals surface area contributed by atoms with Crippen molar-refractivity contribution >= 4 is 40.0 Å². The van der Waals surface area contributed by atoms with Crippen LogP contribution < -0.4 is 5.32 Å². The number of benzene rings is 2. The lowest BCUT2D eigenvalue weighted by atomic mass is 10.1. The maximum absolute atomic E-state index is 13.0. The largest absolute Gasteiger partial charge is 0.342 e. The summed E-state index contributed by atoms with van der Waals surface area (Å²) >= 11 is 2.76. The Morgan fingerprint density at radius 2 is 1.90 bits per heavy atom. The maximum atomic E-state index is 13.0. The molecule has 1 aromatic heterocycles. The van der Waals surface area contributed by atoms with Crippen molar-refractivity contribution in [1.29, 1.82) is 0 Å². The van der Waals surface area contributed by atoms with Crippen LogP contribution in [0.4, 0.5) is 9.52 Å². The van der Waals surface area contributed by atoms with Crippen molar-refractivity contribution in [3.8, 4) is 0 Å². The van der Waals surface area contributed by atoms with Gasteiger partial charge in [-0.25, -0.2) is 4.39 Å². The molecule has 2 amide bonds. The molecule has 3 aromatic rings. The second-order valence-corrected chi connectivity index (χ2v) is 9.45. The average Bonchev–Trinajstić information content (AvgIpc) is 3.39. The molecule has 0 radical (unpaired) electrons. The summed E-state index contributed by atoms with van der Waals surface area (Å²) < 4.78 is 13.7. The van der Waals surface area contributed by atoms with Crippen LogP contribution in [0, 0.1) is 11.7 Å². The van der Waals surface area contributed by atoms with Gasteiger partial charge in [-0.3, -0.25) is 9.59 Å². The van der Waals surface area contributed by atoms with Crippen LogP contribution in [0.15, 0.2) is 58.9 Å². The van der Waals surface area contributed by atoms with E-state index in [4.69, 9.17) is 0 Å². The number of aromatic nitrogens is 2. The molecule has 6 nitrogen and oxygen atoms in total. The van der Waals surface area contributed by atoms with Gasteiger partial charge in [-0.15, -0.1) is 10.2 Å². The first-order valence-corrected chi connectivity index (χ1v) is 11.7. The van der Waals surface area contributed by atoms with E-state index in [-0.39, 0.29) is 30.0 Å². The monoisotopic (exact) mass is 456 g/mol. The van der Waals surface area contributed by atoms with Crippen LogP contribution in [0.1, 0.15) is 17.5 Å². The molecule has 0 saturated carbocycles. The number of likely N-dealkylation sites (tertiary alicyclic amines) is 1. The summed E-state index contributed by atoms with van der Waals surface area (Å²) in [6.45, 7) is 1.03. The zero-order valence-corrected chi connectivity index (χ0v) is 18.3. The number of thioether (sulfide) groups is 1. The molecule has 1 N–H and O–H groups in total. The fourth-order valence-corrected chi connectivity index (χ4v) is 5.04. The lowest BCUT2D eigenvalue weighted by Gasteiger charge is -2.16. The van der Waals surface area contributed by atoms with Crippen LogP contribution in [-0.4, -0.2) is 40.0 Å². The molecule has 2 aromatic carbocycles. The molecule has 4 rings (SSSR count). The molecular formula is C22H21FN4O2S2. The third-order valence-corrected chi connectivity index (χ3v) is 7.05. The molecule has 0 spiro atoms. The number of carbonyl (C=O) groups is 2. The molecule has 0 unspecified atom stereocenters. The van der Waals surface area contributed by atoms with Crippen LogP contribution in [0.5, 0.6) is 0 Å². The molecule has 160 valence electrons. The van der Waals surface area contributed by atoms with Gasteiger partial charge >= 0.3 is 0 Å². The topological polar surface area (TPSA) is 75.2 Å². The zero-order valence-electron chi connectivity index (χ0n) is 16.7.